The number of hydrogen-bond donors (Lipinski definition) is 0. The van der Waals surface area contributed by atoms with Gasteiger partial charge in [0.15, 0.2) is 0 Å². The van der Waals surface area contributed by atoms with Crippen LogP contribution in [0.1, 0.15) is 12.0 Å². The lowest BCUT2D eigenvalue weighted by molar-refractivity contribution is -0.127. The zero-order chi connectivity index (χ0) is 14.8. The van der Waals surface area contributed by atoms with Crippen LogP contribution in [0.15, 0.2) is 24.3 Å². The number of nitrogens with zero attached hydrogens (tertiary/aromatic N) is 1. The molecule has 2 rings (SSSR count). The third kappa shape index (κ3) is 4.18. The van der Waals surface area contributed by atoms with Gasteiger partial charge in [-0.3, -0.25) is 4.79 Å². The van der Waals surface area contributed by atoms with Gasteiger partial charge in [0.2, 0.25) is 5.91 Å². The molecule has 110 valence electrons. The standard InChI is InChI=1S/C13H15ClFNO3S/c14-12-4-2-1-3-11(12)5-6-16-8-10(7-13(16)17)9-20(15,18)19/h1-4,10H,5-9H2. The Bertz CT molecular complexity index is 605. The Morgan fingerprint density at radius 1 is 1.35 bits per heavy atom. The number of halogens is 2. The van der Waals surface area contributed by atoms with Crippen LogP contribution < -0.4 is 0 Å². The molecule has 0 saturated carbocycles. The van der Waals surface area contributed by atoms with Gasteiger partial charge in [-0.15, -0.1) is 3.89 Å². The van der Waals surface area contributed by atoms with Crippen molar-refractivity contribution in [3.8, 4) is 0 Å². The van der Waals surface area contributed by atoms with Gasteiger partial charge >= 0.3 is 10.2 Å². The van der Waals surface area contributed by atoms with Crippen molar-refractivity contribution in [1.82, 2.24) is 4.90 Å². The van der Waals surface area contributed by atoms with Crippen molar-refractivity contribution in [2.45, 2.75) is 12.8 Å². The highest BCUT2D eigenvalue weighted by Crippen LogP contribution is 2.22. The predicted molar refractivity (Wildman–Crippen MR) is 74.7 cm³/mol. The smallest absolute Gasteiger partial charge is 0.302 e. The van der Waals surface area contributed by atoms with E-state index < -0.39 is 21.9 Å². The molecule has 1 amide bonds. The fourth-order valence-electron chi connectivity index (χ4n) is 2.42. The lowest BCUT2D eigenvalue weighted by atomic mass is 10.1. The van der Waals surface area contributed by atoms with Crippen molar-refractivity contribution < 1.29 is 17.1 Å². The molecule has 0 spiro atoms. The minimum atomic E-state index is -4.53. The predicted octanol–water partition coefficient (Wildman–Crippen LogP) is 2.03. The van der Waals surface area contributed by atoms with E-state index >= 15 is 0 Å². The Morgan fingerprint density at radius 3 is 2.70 bits per heavy atom. The van der Waals surface area contributed by atoms with Crippen molar-refractivity contribution in [1.29, 1.82) is 0 Å². The SMILES string of the molecule is O=C1CC(CS(=O)(=O)F)CN1CCc1ccccc1Cl. The van der Waals surface area contributed by atoms with Gasteiger partial charge in [0.1, 0.15) is 0 Å². The van der Waals surface area contributed by atoms with E-state index in [0.29, 0.717) is 18.0 Å². The zero-order valence-corrected chi connectivity index (χ0v) is 12.3. The highest BCUT2D eigenvalue weighted by Gasteiger charge is 2.32. The molecule has 1 unspecified atom stereocenters. The second-order valence-corrected chi connectivity index (χ2v) is 6.78. The molecular formula is C13H15ClFNO3S. The van der Waals surface area contributed by atoms with Crippen LogP contribution in [0.4, 0.5) is 3.89 Å². The number of carbonyl (C=O) groups is 1. The molecule has 1 aliphatic heterocycles. The van der Waals surface area contributed by atoms with Gasteiger partial charge in [0.05, 0.1) is 5.75 Å². The van der Waals surface area contributed by atoms with Crippen LogP contribution in [0.25, 0.3) is 0 Å². The van der Waals surface area contributed by atoms with E-state index in [-0.39, 0.29) is 18.9 Å². The number of likely N-dealkylation sites (tertiary alicyclic amines) is 1. The van der Waals surface area contributed by atoms with Crippen LogP contribution in [0.3, 0.4) is 0 Å². The van der Waals surface area contributed by atoms with E-state index in [0.717, 1.165) is 5.56 Å². The van der Waals surface area contributed by atoms with Crippen molar-refractivity contribution in [3.05, 3.63) is 34.9 Å². The van der Waals surface area contributed by atoms with Crippen molar-refractivity contribution in [3.63, 3.8) is 0 Å². The summed E-state index contributed by atoms with van der Waals surface area (Å²) < 4.78 is 33.8. The molecule has 1 heterocycles. The molecule has 1 saturated heterocycles. The highest BCUT2D eigenvalue weighted by molar-refractivity contribution is 7.86. The molecule has 1 aromatic rings. The lowest BCUT2D eigenvalue weighted by Gasteiger charge is -2.16. The molecule has 1 aromatic carbocycles. The van der Waals surface area contributed by atoms with Crippen LogP contribution >= 0.6 is 11.6 Å². The third-order valence-electron chi connectivity index (χ3n) is 3.34. The molecule has 0 aliphatic carbocycles. The number of hydrogen-bond acceptors (Lipinski definition) is 3. The summed E-state index contributed by atoms with van der Waals surface area (Å²) in [6.07, 6.45) is 0.687. The van der Waals surface area contributed by atoms with E-state index in [1.807, 2.05) is 18.2 Å². The first-order valence-corrected chi connectivity index (χ1v) is 8.22. The van der Waals surface area contributed by atoms with E-state index in [1.165, 1.54) is 0 Å². The Balaban J connectivity index is 1.91. The largest absolute Gasteiger partial charge is 0.342 e. The molecule has 0 bridgehead atoms. The van der Waals surface area contributed by atoms with Crippen molar-refractivity contribution >= 4 is 27.7 Å². The third-order valence-corrected chi connectivity index (χ3v) is 4.58. The zero-order valence-electron chi connectivity index (χ0n) is 10.8. The summed E-state index contributed by atoms with van der Waals surface area (Å²) in [5.74, 6) is -1.17. The number of amides is 1. The summed E-state index contributed by atoms with van der Waals surface area (Å²) in [4.78, 5) is 13.3. The summed E-state index contributed by atoms with van der Waals surface area (Å²) in [5, 5.41) is 0.641. The summed E-state index contributed by atoms with van der Waals surface area (Å²) in [6.45, 7) is 0.748. The monoisotopic (exact) mass is 319 g/mol. The second-order valence-electron chi connectivity index (χ2n) is 4.96. The van der Waals surface area contributed by atoms with Crippen LogP contribution in [-0.4, -0.2) is 38.1 Å². The van der Waals surface area contributed by atoms with Crippen LogP contribution in [0.2, 0.25) is 5.02 Å². The van der Waals surface area contributed by atoms with Gasteiger partial charge in [-0.2, -0.15) is 8.42 Å². The van der Waals surface area contributed by atoms with Gasteiger partial charge in [-0.05, 0) is 18.1 Å². The first kappa shape index (κ1) is 15.3. The number of benzene rings is 1. The van der Waals surface area contributed by atoms with Gasteiger partial charge in [-0.1, -0.05) is 29.8 Å². The van der Waals surface area contributed by atoms with Gasteiger partial charge < -0.3 is 4.90 Å². The number of carbonyl (C=O) groups excluding carboxylic acids is 1. The number of rotatable bonds is 5. The maximum Gasteiger partial charge on any atom is 0.302 e. The quantitative estimate of drug-likeness (QED) is 0.780. The minimum Gasteiger partial charge on any atom is -0.342 e. The Hall–Kier alpha value is -1.14. The molecule has 0 N–H and O–H groups in total. The van der Waals surface area contributed by atoms with E-state index in [2.05, 4.69) is 0 Å². The van der Waals surface area contributed by atoms with E-state index in [1.54, 1.807) is 11.0 Å². The average molecular weight is 320 g/mol. The summed E-state index contributed by atoms with van der Waals surface area (Å²) in [6, 6.07) is 7.36. The fraction of sp³-hybridized carbons (Fsp3) is 0.462. The normalized spacial score (nSPS) is 19.6. The summed E-state index contributed by atoms with van der Waals surface area (Å²) in [7, 11) is -4.53. The maximum absolute atomic E-state index is 12.6. The summed E-state index contributed by atoms with van der Waals surface area (Å²) >= 11 is 6.03. The van der Waals surface area contributed by atoms with Crippen LogP contribution in [0.5, 0.6) is 0 Å². The van der Waals surface area contributed by atoms with Crippen molar-refractivity contribution in [2.75, 3.05) is 18.8 Å². The van der Waals surface area contributed by atoms with Gasteiger partial charge in [0, 0.05) is 30.5 Å². The van der Waals surface area contributed by atoms with Crippen LogP contribution in [-0.2, 0) is 21.4 Å². The first-order chi connectivity index (χ1) is 9.35. The molecule has 4 nitrogen and oxygen atoms in total. The molecule has 0 aromatic heterocycles. The molecule has 1 fully saturated rings. The van der Waals surface area contributed by atoms with Crippen LogP contribution in [0, 0.1) is 5.92 Å². The topological polar surface area (TPSA) is 54.5 Å². The maximum atomic E-state index is 12.6. The van der Waals surface area contributed by atoms with Gasteiger partial charge in [-0.25, -0.2) is 0 Å². The molecular weight excluding hydrogens is 305 g/mol. The molecule has 20 heavy (non-hydrogen) atoms. The Kier molecular flexibility index (Phi) is 4.65. The molecule has 0 radical (unpaired) electrons. The lowest BCUT2D eigenvalue weighted by Crippen LogP contribution is -2.28. The highest BCUT2D eigenvalue weighted by atomic mass is 35.5. The van der Waals surface area contributed by atoms with E-state index in [9.17, 15) is 17.1 Å². The Morgan fingerprint density at radius 2 is 2.05 bits per heavy atom. The minimum absolute atomic E-state index is 0.0890. The summed E-state index contributed by atoms with van der Waals surface area (Å²) in [5.41, 5.74) is 0.934. The fourth-order valence-corrected chi connectivity index (χ4v) is 3.44. The Labute approximate surface area is 122 Å². The van der Waals surface area contributed by atoms with E-state index in [4.69, 9.17) is 11.6 Å². The molecule has 1 atom stereocenters. The average Bonchev–Trinajstić information content (AvgIpc) is 2.66. The second kappa shape index (κ2) is 6.10. The van der Waals surface area contributed by atoms with Crippen molar-refractivity contribution in [2.24, 2.45) is 5.92 Å². The molecule has 7 heteroatoms. The molecule has 1 aliphatic rings. The van der Waals surface area contributed by atoms with Gasteiger partial charge in [0.25, 0.3) is 0 Å². The first-order valence-electron chi connectivity index (χ1n) is 6.28.